The molecule has 144 valence electrons. The second-order valence-electron chi connectivity index (χ2n) is 7.72. The van der Waals surface area contributed by atoms with E-state index in [2.05, 4.69) is 28.1 Å². The molecule has 6 heteroatoms. The number of nitrogens with zero attached hydrogens (tertiary/aromatic N) is 2. The first-order valence-electron chi connectivity index (χ1n) is 9.70. The van der Waals surface area contributed by atoms with Crippen LogP contribution < -0.4 is 5.32 Å². The first-order valence-corrected chi connectivity index (χ1v) is 9.70. The topological polar surface area (TPSA) is 37.3 Å². The van der Waals surface area contributed by atoms with Gasteiger partial charge in [-0.25, -0.2) is 13.6 Å². The lowest BCUT2D eigenvalue weighted by atomic mass is 10.0. The highest BCUT2D eigenvalue weighted by molar-refractivity contribution is 5.91. The average molecular weight is 381 g/mol. The Balaban J connectivity index is 1.42. The number of nitrogens with one attached hydrogen (secondary N) is 1. The number of anilines is 1. The van der Waals surface area contributed by atoms with E-state index in [4.69, 9.17) is 0 Å². The van der Waals surface area contributed by atoms with Crippen LogP contribution in [0.2, 0.25) is 0 Å². The zero-order valence-corrected chi connectivity index (χ0v) is 15.4. The highest BCUT2D eigenvalue weighted by Gasteiger charge is 2.29. The van der Waals surface area contributed by atoms with Gasteiger partial charge in [0.25, 0.3) is 0 Å². The van der Waals surface area contributed by atoms with Crippen LogP contribution in [0.5, 0.6) is 0 Å². The van der Waals surface area contributed by atoms with E-state index in [0.717, 1.165) is 31.0 Å². The van der Waals surface area contributed by atoms with Gasteiger partial charge in [-0.05, 0) is 37.0 Å². The number of para-hydroxylation sites is 1. The maximum atomic E-state index is 13.9. The Morgan fingerprint density at radius 1 is 1.14 bits per heavy atom. The van der Waals surface area contributed by atoms with E-state index >= 15 is 0 Å². The van der Waals surface area contributed by atoms with E-state index in [1.54, 1.807) is 4.90 Å². The van der Waals surface area contributed by atoms with Gasteiger partial charge in [0.15, 0.2) is 0 Å². The second kappa shape index (κ2) is 6.62. The minimum absolute atomic E-state index is 0.00615. The molecule has 2 aliphatic rings. The van der Waals surface area contributed by atoms with E-state index < -0.39 is 11.6 Å². The van der Waals surface area contributed by atoms with Crippen LogP contribution in [0, 0.1) is 17.6 Å². The van der Waals surface area contributed by atoms with Crippen molar-refractivity contribution in [2.45, 2.75) is 32.4 Å². The Kier molecular flexibility index (Phi) is 4.07. The molecule has 0 bridgehead atoms. The molecule has 5 rings (SSSR count). The van der Waals surface area contributed by atoms with E-state index in [1.807, 2.05) is 6.07 Å². The summed E-state index contributed by atoms with van der Waals surface area (Å²) in [5, 5.41) is 3.76. The maximum absolute atomic E-state index is 13.9. The van der Waals surface area contributed by atoms with Crippen LogP contribution in [0.25, 0.3) is 10.9 Å². The standard InChI is InChI=1S/C22H21F2N3O/c23-15-7-8-19(18(24)11-15)25-22(28)26-10-9-21-17(13-26)16-3-1-2-4-20(16)27(21)12-14-5-6-14/h1-4,7-8,11,14H,5-6,9-10,12-13H2,(H,25,28). The molecule has 0 spiro atoms. The fourth-order valence-electron chi connectivity index (χ4n) is 4.13. The quantitative estimate of drug-likeness (QED) is 0.687. The highest BCUT2D eigenvalue weighted by atomic mass is 19.1. The van der Waals surface area contributed by atoms with Crippen molar-refractivity contribution in [1.29, 1.82) is 0 Å². The lowest BCUT2D eigenvalue weighted by Gasteiger charge is -2.28. The van der Waals surface area contributed by atoms with Gasteiger partial charge in [0.05, 0.1) is 5.69 Å². The van der Waals surface area contributed by atoms with Crippen LogP contribution in [0.1, 0.15) is 24.1 Å². The van der Waals surface area contributed by atoms with Crippen molar-refractivity contribution in [3.63, 3.8) is 0 Å². The molecule has 0 saturated heterocycles. The van der Waals surface area contributed by atoms with Gasteiger partial charge < -0.3 is 14.8 Å². The fraction of sp³-hybridized carbons (Fsp3) is 0.318. The Hall–Kier alpha value is -2.89. The zero-order chi connectivity index (χ0) is 19.3. The summed E-state index contributed by atoms with van der Waals surface area (Å²) < 4.78 is 29.4. The predicted molar refractivity (Wildman–Crippen MR) is 104 cm³/mol. The van der Waals surface area contributed by atoms with E-state index in [-0.39, 0.29) is 11.7 Å². The number of benzene rings is 2. The number of halogens is 2. The van der Waals surface area contributed by atoms with Gasteiger partial charge in [-0.1, -0.05) is 18.2 Å². The van der Waals surface area contributed by atoms with Gasteiger partial charge in [-0.15, -0.1) is 0 Å². The molecule has 2 amide bonds. The van der Waals surface area contributed by atoms with Crippen molar-refractivity contribution in [2.24, 2.45) is 5.92 Å². The van der Waals surface area contributed by atoms with Crippen molar-refractivity contribution in [1.82, 2.24) is 9.47 Å². The summed E-state index contributed by atoms with van der Waals surface area (Å²) in [4.78, 5) is 14.4. The van der Waals surface area contributed by atoms with Crippen LogP contribution in [0.15, 0.2) is 42.5 Å². The average Bonchev–Trinajstić information content (AvgIpc) is 3.47. The van der Waals surface area contributed by atoms with Crippen LogP contribution in [-0.2, 0) is 19.5 Å². The van der Waals surface area contributed by atoms with Gasteiger partial charge in [0.2, 0.25) is 0 Å². The highest BCUT2D eigenvalue weighted by Crippen LogP contribution is 2.36. The van der Waals surface area contributed by atoms with Gasteiger partial charge in [0, 0.05) is 54.3 Å². The Morgan fingerprint density at radius 3 is 2.75 bits per heavy atom. The minimum Gasteiger partial charge on any atom is -0.344 e. The molecule has 1 aromatic heterocycles. The van der Waals surface area contributed by atoms with Crippen molar-refractivity contribution in [3.8, 4) is 0 Å². The van der Waals surface area contributed by atoms with E-state index in [0.29, 0.717) is 13.1 Å². The number of aromatic nitrogens is 1. The molecule has 1 aliphatic carbocycles. The summed E-state index contributed by atoms with van der Waals surface area (Å²) in [7, 11) is 0. The molecule has 0 unspecified atom stereocenters. The molecular weight excluding hydrogens is 360 g/mol. The normalized spacial score (nSPS) is 16.3. The van der Waals surface area contributed by atoms with Gasteiger partial charge in [0.1, 0.15) is 11.6 Å². The Labute approximate surface area is 161 Å². The number of rotatable bonds is 3. The monoisotopic (exact) mass is 381 g/mol. The van der Waals surface area contributed by atoms with Crippen LogP contribution in [-0.4, -0.2) is 22.0 Å². The Bertz CT molecular complexity index is 1070. The van der Waals surface area contributed by atoms with Crippen molar-refractivity contribution in [2.75, 3.05) is 11.9 Å². The molecule has 0 radical (unpaired) electrons. The molecule has 28 heavy (non-hydrogen) atoms. The van der Waals surface area contributed by atoms with Crippen molar-refractivity contribution < 1.29 is 13.6 Å². The SMILES string of the molecule is O=C(Nc1ccc(F)cc1F)N1CCc2c(c3ccccc3n2CC2CC2)C1. The first-order chi connectivity index (χ1) is 13.6. The third-order valence-electron chi connectivity index (χ3n) is 5.76. The first kappa shape index (κ1) is 17.2. The molecule has 0 atom stereocenters. The summed E-state index contributed by atoms with van der Waals surface area (Å²) in [6, 6.07) is 11.1. The smallest absolute Gasteiger partial charge is 0.322 e. The molecule has 2 heterocycles. The number of carbonyl (C=O) groups excluding carboxylic acids is 1. The number of hydrogen-bond donors (Lipinski definition) is 1. The second-order valence-corrected chi connectivity index (χ2v) is 7.72. The molecule has 3 aromatic rings. The number of carbonyl (C=O) groups is 1. The number of hydrogen-bond acceptors (Lipinski definition) is 1. The third kappa shape index (κ3) is 3.03. The summed E-state index contributed by atoms with van der Waals surface area (Å²) >= 11 is 0. The minimum atomic E-state index is -0.771. The summed E-state index contributed by atoms with van der Waals surface area (Å²) in [5.41, 5.74) is 3.71. The van der Waals surface area contributed by atoms with Crippen molar-refractivity contribution in [3.05, 3.63) is 65.4 Å². The summed E-state index contributed by atoms with van der Waals surface area (Å²) in [6.07, 6.45) is 3.36. The van der Waals surface area contributed by atoms with Crippen LogP contribution in [0.4, 0.5) is 19.3 Å². The zero-order valence-electron chi connectivity index (χ0n) is 15.4. The molecule has 1 N–H and O–H groups in total. The molecule has 4 nitrogen and oxygen atoms in total. The lowest BCUT2D eigenvalue weighted by molar-refractivity contribution is 0.206. The van der Waals surface area contributed by atoms with E-state index in [9.17, 15) is 13.6 Å². The number of amides is 2. The van der Waals surface area contributed by atoms with Gasteiger partial charge >= 0.3 is 6.03 Å². The predicted octanol–water partition coefficient (Wildman–Crippen LogP) is 4.92. The van der Waals surface area contributed by atoms with E-state index in [1.165, 1.54) is 41.1 Å². The number of urea groups is 1. The Morgan fingerprint density at radius 2 is 1.96 bits per heavy atom. The molecular formula is C22H21F2N3O. The molecule has 1 aliphatic heterocycles. The lowest BCUT2D eigenvalue weighted by Crippen LogP contribution is -2.39. The fourth-order valence-corrected chi connectivity index (χ4v) is 4.13. The molecule has 2 aromatic carbocycles. The van der Waals surface area contributed by atoms with Crippen LogP contribution in [0.3, 0.4) is 0 Å². The largest absolute Gasteiger partial charge is 0.344 e. The van der Waals surface area contributed by atoms with Gasteiger partial charge in [-0.2, -0.15) is 0 Å². The van der Waals surface area contributed by atoms with Gasteiger partial charge in [-0.3, -0.25) is 0 Å². The summed E-state index contributed by atoms with van der Waals surface area (Å²) in [5.74, 6) is -0.670. The molecule has 1 fully saturated rings. The number of fused-ring (bicyclic) bond motifs is 3. The third-order valence-corrected chi connectivity index (χ3v) is 5.76. The molecule has 1 saturated carbocycles. The van der Waals surface area contributed by atoms with Crippen molar-refractivity contribution >= 4 is 22.6 Å². The summed E-state index contributed by atoms with van der Waals surface area (Å²) in [6.45, 7) is 2.10. The maximum Gasteiger partial charge on any atom is 0.322 e. The van der Waals surface area contributed by atoms with Crippen LogP contribution >= 0.6 is 0 Å².